The molecular weight excluding hydrogens is 458 g/mol. The van der Waals surface area contributed by atoms with Crippen molar-refractivity contribution in [1.82, 2.24) is 4.90 Å². The SMILES string of the molecule is N=C(N)c1ccc(C(=O)Nc2ccc3c(c2)C(=O)N(CCc2ccccc2)CC(CC(=O)O)N3)cc1. The fourth-order valence-electron chi connectivity index (χ4n) is 4.14. The van der Waals surface area contributed by atoms with Crippen molar-refractivity contribution in [3.8, 4) is 0 Å². The van der Waals surface area contributed by atoms with E-state index >= 15 is 0 Å². The Bertz CT molecular complexity index is 1290. The van der Waals surface area contributed by atoms with Crippen molar-refractivity contribution in [2.45, 2.75) is 18.9 Å². The zero-order valence-electron chi connectivity index (χ0n) is 19.5. The number of hydrogen-bond donors (Lipinski definition) is 5. The zero-order chi connectivity index (χ0) is 25.7. The molecule has 0 saturated carbocycles. The number of hydrogen-bond acceptors (Lipinski definition) is 5. The van der Waals surface area contributed by atoms with Gasteiger partial charge in [0.1, 0.15) is 5.84 Å². The number of nitrogens with one attached hydrogen (secondary N) is 3. The van der Waals surface area contributed by atoms with Crippen LogP contribution in [0.3, 0.4) is 0 Å². The number of nitrogen functional groups attached to an aromatic ring is 1. The fraction of sp³-hybridized carbons (Fsp3) is 0.185. The summed E-state index contributed by atoms with van der Waals surface area (Å²) >= 11 is 0. The maximum atomic E-state index is 13.5. The van der Waals surface area contributed by atoms with Gasteiger partial charge in [0.25, 0.3) is 11.8 Å². The van der Waals surface area contributed by atoms with Crippen LogP contribution >= 0.6 is 0 Å². The van der Waals surface area contributed by atoms with Crippen molar-refractivity contribution < 1.29 is 19.5 Å². The van der Waals surface area contributed by atoms with Crippen LogP contribution in [0, 0.1) is 5.41 Å². The Labute approximate surface area is 208 Å². The van der Waals surface area contributed by atoms with E-state index in [9.17, 15) is 19.5 Å². The molecule has 1 atom stereocenters. The average molecular weight is 486 g/mol. The number of nitrogens with two attached hydrogens (primary N) is 1. The minimum absolute atomic E-state index is 0.0863. The number of carboxylic acids is 1. The minimum Gasteiger partial charge on any atom is -0.481 e. The Balaban J connectivity index is 1.56. The molecule has 1 heterocycles. The van der Waals surface area contributed by atoms with Gasteiger partial charge in [-0.15, -0.1) is 0 Å². The molecule has 0 aliphatic carbocycles. The minimum atomic E-state index is -0.953. The molecule has 3 aromatic carbocycles. The molecule has 2 amide bonds. The standard InChI is InChI=1S/C27H27N5O4/c28-25(29)18-6-8-19(9-7-18)26(35)31-20-10-11-23-22(14-20)27(36)32(16-21(30-23)15-24(33)34)13-12-17-4-2-1-3-5-17/h1-11,14,21,30H,12-13,15-16H2,(H3,28,29)(H,31,35)(H,33,34). The van der Waals surface area contributed by atoms with Gasteiger partial charge in [0.05, 0.1) is 18.0 Å². The van der Waals surface area contributed by atoms with Crippen LogP contribution in [0.5, 0.6) is 0 Å². The van der Waals surface area contributed by atoms with Gasteiger partial charge in [0.15, 0.2) is 0 Å². The number of benzene rings is 3. The number of anilines is 2. The monoisotopic (exact) mass is 485 g/mol. The molecule has 1 unspecified atom stereocenters. The summed E-state index contributed by atoms with van der Waals surface area (Å²) in [4.78, 5) is 39.3. The third-order valence-corrected chi connectivity index (χ3v) is 5.99. The van der Waals surface area contributed by atoms with Crippen LogP contribution in [-0.2, 0) is 11.2 Å². The van der Waals surface area contributed by atoms with E-state index in [2.05, 4.69) is 10.6 Å². The molecule has 0 spiro atoms. The highest BCUT2D eigenvalue weighted by Gasteiger charge is 2.29. The molecule has 6 N–H and O–H groups in total. The second-order valence-electron chi connectivity index (χ2n) is 8.63. The van der Waals surface area contributed by atoms with E-state index in [1.165, 1.54) is 0 Å². The normalized spacial score (nSPS) is 14.8. The summed E-state index contributed by atoms with van der Waals surface area (Å²) in [5.74, 6) is -1.64. The first-order valence-electron chi connectivity index (χ1n) is 11.5. The second kappa shape index (κ2) is 10.7. The van der Waals surface area contributed by atoms with Gasteiger partial charge < -0.3 is 26.4 Å². The summed E-state index contributed by atoms with van der Waals surface area (Å²) in [7, 11) is 0. The van der Waals surface area contributed by atoms with Gasteiger partial charge in [-0.05, 0) is 42.3 Å². The van der Waals surface area contributed by atoms with Gasteiger partial charge in [0.2, 0.25) is 0 Å². The number of nitrogens with zero attached hydrogens (tertiary/aromatic N) is 1. The highest BCUT2D eigenvalue weighted by atomic mass is 16.4. The van der Waals surface area contributed by atoms with Crippen LogP contribution < -0.4 is 16.4 Å². The van der Waals surface area contributed by atoms with Crippen LogP contribution in [0.4, 0.5) is 11.4 Å². The highest BCUT2D eigenvalue weighted by molar-refractivity contribution is 6.07. The van der Waals surface area contributed by atoms with E-state index < -0.39 is 12.0 Å². The highest BCUT2D eigenvalue weighted by Crippen LogP contribution is 2.27. The second-order valence-corrected chi connectivity index (χ2v) is 8.63. The topological polar surface area (TPSA) is 149 Å². The third-order valence-electron chi connectivity index (χ3n) is 5.99. The van der Waals surface area contributed by atoms with Gasteiger partial charge in [-0.2, -0.15) is 0 Å². The fourth-order valence-corrected chi connectivity index (χ4v) is 4.14. The number of carboxylic acid groups (broad SMARTS) is 1. The molecule has 184 valence electrons. The lowest BCUT2D eigenvalue weighted by molar-refractivity contribution is -0.137. The van der Waals surface area contributed by atoms with Crippen molar-refractivity contribution in [3.05, 3.63) is 95.1 Å². The summed E-state index contributed by atoms with van der Waals surface area (Å²) in [6, 6.07) is 20.6. The smallest absolute Gasteiger partial charge is 0.305 e. The van der Waals surface area contributed by atoms with E-state index in [0.29, 0.717) is 41.0 Å². The van der Waals surface area contributed by atoms with E-state index in [4.69, 9.17) is 11.1 Å². The number of aliphatic carboxylic acids is 1. The number of amidine groups is 1. The molecule has 0 saturated heterocycles. The Morgan fingerprint density at radius 1 is 1.06 bits per heavy atom. The molecule has 1 aliphatic heterocycles. The number of amides is 2. The van der Waals surface area contributed by atoms with E-state index in [1.54, 1.807) is 47.4 Å². The molecule has 9 heteroatoms. The van der Waals surface area contributed by atoms with Crippen LogP contribution in [0.1, 0.15) is 38.3 Å². The number of carbonyl (C=O) groups is 3. The molecule has 36 heavy (non-hydrogen) atoms. The largest absolute Gasteiger partial charge is 0.481 e. The maximum Gasteiger partial charge on any atom is 0.305 e. The molecular formula is C27H27N5O4. The molecule has 0 aromatic heterocycles. The zero-order valence-corrected chi connectivity index (χ0v) is 19.5. The first kappa shape index (κ1) is 24.5. The molecule has 0 bridgehead atoms. The first-order valence-corrected chi connectivity index (χ1v) is 11.5. The molecule has 1 aliphatic rings. The predicted octanol–water partition coefficient (Wildman–Crippen LogP) is 3.18. The quantitative estimate of drug-likeness (QED) is 0.244. The Hall–Kier alpha value is -4.66. The summed E-state index contributed by atoms with van der Waals surface area (Å²) < 4.78 is 0. The maximum absolute atomic E-state index is 13.5. The Morgan fingerprint density at radius 3 is 2.42 bits per heavy atom. The van der Waals surface area contributed by atoms with Crippen LogP contribution in [0.25, 0.3) is 0 Å². The molecule has 3 aromatic rings. The Kier molecular flexibility index (Phi) is 7.29. The van der Waals surface area contributed by atoms with Gasteiger partial charge in [-0.3, -0.25) is 19.8 Å². The third kappa shape index (κ3) is 5.87. The molecule has 0 fully saturated rings. The summed E-state index contributed by atoms with van der Waals surface area (Å²) in [5, 5.41) is 22.8. The number of carbonyl (C=O) groups excluding carboxylic acids is 2. The average Bonchev–Trinajstić information content (AvgIpc) is 2.99. The van der Waals surface area contributed by atoms with Crippen molar-refractivity contribution in [1.29, 1.82) is 5.41 Å². The molecule has 0 radical (unpaired) electrons. The summed E-state index contributed by atoms with van der Waals surface area (Å²) in [6.07, 6.45) is 0.498. The number of rotatable bonds is 8. The van der Waals surface area contributed by atoms with E-state index in [0.717, 1.165) is 5.56 Å². The van der Waals surface area contributed by atoms with Crippen molar-refractivity contribution in [2.75, 3.05) is 23.7 Å². The van der Waals surface area contributed by atoms with Crippen LogP contribution in [-0.4, -0.2) is 52.8 Å². The van der Waals surface area contributed by atoms with Gasteiger partial charge in [0, 0.05) is 35.6 Å². The van der Waals surface area contributed by atoms with Crippen molar-refractivity contribution >= 4 is 35.0 Å². The molecule has 9 nitrogen and oxygen atoms in total. The van der Waals surface area contributed by atoms with Crippen LogP contribution in [0.2, 0.25) is 0 Å². The van der Waals surface area contributed by atoms with E-state index in [-0.39, 0.29) is 30.6 Å². The van der Waals surface area contributed by atoms with Crippen LogP contribution in [0.15, 0.2) is 72.8 Å². The first-order chi connectivity index (χ1) is 17.3. The van der Waals surface area contributed by atoms with Gasteiger partial charge in [-0.1, -0.05) is 42.5 Å². The lowest BCUT2D eigenvalue weighted by atomic mass is 10.1. The molecule has 4 rings (SSSR count). The van der Waals surface area contributed by atoms with Gasteiger partial charge in [-0.25, -0.2) is 0 Å². The lowest BCUT2D eigenvalue weighted by Gasteiger charge is -2.24. The Morgan fingerprint density at radius 2 is 1.75 bits per heavy atom. The van der Waals surface area contributed by atoms with Gasteiger partial charge >= 0.3 is 5.97 Å². The van der Waals surface area contributed by atoms with Crippen molar-refractivity contribution in [2.24, 2.45) is 5.73 Å². The van der Waals surface area contributed by atoms with E-state index in [1.807, 2.05) is 30.3 Å². The number of fused-ring (bicyclic) bond motifs is 1. The van der Waals surface area contributed by atoms with Crippen molar-refractivity contribution in [3.63, 3.8) is 0 Å². The summed E-state index contributed by atoms with van der Waals surface area (Å²) in [6.45, 7) is 0.677. The predicted molar refractivity (Wildman–Crippen MR) is 138 cm³/mol. The summed E-state index contributed by atoms with van der Waals surface area (Å²) in [5.41, 5.74) is 8.76. The lowest BCUT2D eigenvalue weighted by Crippen LogP contribution is -2.39.